The minimum absolute atomic E-state index is 0.0204. The molecule has 7 heteroatoms. The van der Waals surface area contributed by atoms with Gasteiger partial charge in [-0.1, -0.05) is 41.6 Å². The van der Waals surface area contributed by atoms with Crippen molar-refractivity contribution in [3.8, 4) is 11.5 Å². The summed E-state index contributed by atoms with van der Waals surface area (Å²) in [7, 11) is 3.96. The molecule has 0 saturated heterocycles. The van der Waals surface area contributed by atoms with Crippen LogP contribution < -0.4 is 14.8 Å². The van der Waals surface area contributed by atoms with E-state index in [0.717, 1.165) is 28.3 Å². The Morgan fingerprint density at radius 3 is 2.69 bits per heavy atom. The van der Waals surface area contributed by atoms with E-state index in [4.69, 9.17) is 14.3 Å². The molecule has 0 radical (unpaired) electrons. The molecule has 4 rings (SSSR count). The topological polar surface area (TPSA) is 72.4 Å². The van der Waals surface area contributed by atoms with Gasteiger partial charge in [-0.2, -0.15) is 0 Å². The zero-order valence-electron chi connectivity index (χ0n) is 16.8. The smallest absolute Gasteiger partial charge is 0.267 e. The second kappa shape index (κ2) is 7.75. The number of carbonyl (C=O) groups excluding carboxylic acids is 1. The lowest BCUT2D eigenvalue weighted by Gasteiger charge is -2.27. The number of benzene rings is 2. The molecule has 0 saturated carbocycles. The van der Waals surface area contributed by atoms with Crippen LogP contribution >= 0.6 is 0 Å². The van der Waals surface area contributed by atoms with Gasteiger partial charge in [-0.15, -0.1) is 0 Å². The van der Waals surface area contributed by atoms with Crippen LogP contribution in [0.5, 0.6) is 11.5 Å². The van der Waals surface area contributed by atoms with E-state index in [0.29, 0.717) is 13.0 Å². The van der Waals surface area contributed by atoms with Gasteiger partial charge in [0.1, 0.15) is 0 Å². The van der Waals surface area contributed by atoms with E-state index < -0.39 is 5.60 Å². The first-order valence-corrected chi connectivity index (χ1v) is 9.61. The second-order valence-electron chi connectivity index (χ2n) is 7.71. The summed E-state index contributed by atoms with van der Waals surface area (Å²) in [5.41, 5.74) is 1.77. The van der Waals surface area contributed by atoms with E-state index in [-0.39, 0.29) is 18.7 Å². The van der Waals surface area contributed by atoms with E-state index in [2.05, 4.69) is 15.4 Å². The van der Waals surface area contributed by atoms with Crippen LogP contribution in [0.15, 0.2) is 53.7 Å². The van der Waals surface area contributed by atoms with E-state index in [1.165, 1.54) is 0 Å². The third-order valence-electron chi connectivity index (χ3n) is 5.31. The molecule has 1 N–H and O–H groups in total. The van der Waals surface area contributed by atoms with Gasteiger partial charge in [0.05, 0.1) is 11.8 Å². The highest BCUT2D eigenvalue weighted by molar-refractivity contribution is 6.05. The number of hydrogen-bond acceptors (Lipinski definition) is 6. The van der Waals surface area contributed by atoms with Gasteiger partial charge in [0.2, 0.25) is 12.4 Å². The second-order valence-corrected chi connectivity index (χ2v) is 7.71. The zero-order valence-corrected chi connectivity index (χ0v) is 16.8. The standard InChI is InChI=1S/C22H25N3O4/c1-22(12-17(24-29-22)15-7-5-4-6-8-15)21(26)23-13-18(25(2)3)16-9-10-19-20(11-16)28-14-27-19/h4-11,18H,12-14H2,1-3H3,(H,23,26)/t18-,22-/m0/s1. The first-order chi connectivity index (χ1) is 14.0. The number of nitrogens with zero attached hydrogens (tertiary/aromatic N) is 2. The number of amides is 1. The van der Waals surface area contributed by atoms with Gasteiger partial charge in [0.25, 0.3) is 5.91 Å². The number of likely N-dealkylation sites (N-methyl/N-ethyl adjacent to an activating group) is 1. The predicted molar refractivity (Wildman–Crippen MR) is 109 cm³/mol. The summed E-state index contributed by atoms with van der Waals surface area (Å²) < 4.78 is 10.9. The molecular formula is C22H25N3O4. The molecule has 2 atom stereocenters. The fourth-order valence-electron chi connectivity index (χ4n) is 3.54. The van der Waals surface area contributed by atoms with Crippen molar-refractivity contribution >= 4 is 11.6 Å². The maximum absolute atomic E-state index is 12.9. The molecule has 0 bridgehead atoms. The Labute approximate surface area is 170 Å². The van der Waals surface area contributed by atoms with Gasteiger partial charge in [-0.05, 0) is 44.3 Å². The van der Waals surface area contributed by atoms with Crippen molar-refractivity contribution in [3.05, 3.63) is 59.7 Å². The van der Waals surface area contributed by atoms with Crippen molar-refractivity contribution in [1.29, 1.82) is 0 Å². The number of rotatable bonds is 6. The van der Waals surface area contributed by atoms with Gasteiger partial charge in [0, 0.05) is 13.0 Å². The highest BCUT2D eigenvalue weighted by Crippen LogP contribution is 2.35. The summed E-state index contributed by atoms with van der Waals surface area (Å²) in [4.78, 5) is 20.5. The first kappa shape index (κ1) is 19.3. The molecule has 2 aromatic rings. The van der Waals surface area contributed by atoms with Crippen molar-refractivity contribution in [2.75, 3.05) is 27.4 Å². The Morgan fingerprint density at radius 2 is 1.93 bits per heavy atom. The van der Waals surface area contributed by atoms with Gasteiger partial charge in [-0.25, -0.2) is 0 Å². The average Bonchev–Trinajstić information content (AvgIpc) is 3.35. The lowest BCUT2D eigenvalue weighted by molar-refractivity contribution is -0.141. The van der Waals surface area contributed by atoms with Crippen LogP contribution in [0.4, 0.5) is 0 Å². The average molecular weight is 395 g/mol. The summed E-state index contributed by atoms with van der Waals surface area (Å²) in [6, 6.07) is 15.6. The van der Waals surface area contributed by atoms with Crippen molar-refractivity contribution in [3.63, 3.8) is 0 Å². The summed E-state index contributed by atoms with van der Waals surface area (Å²) in [6.07, 6.45) is 0.430. The normalized spacial score (nSPS) is 20.9. The van der Waals surface area contributed by atoms with Crippen LogP contribution in [0.25, 0.3) is 0 Å². The molecule has 2 aliphatic heterocycles. The fourth-order valence-corrected chi connectivity index (χ4v) is 3.54. The van der Waals surface area contributed by atoms with Gasteiger partial charge in [0.15, 0.2) is 11.5 Å². The van der Waals surface area contributed by atoms with Gasteiger partial charge >= 0.3 is 0 Å². The third kappa shape index (κ3) is 3.91. The molecule has 0 spiro atoms. The third-order valence-corrected chi connectivity index (χ3v) is 5.31. The molecule has 0 aliphatic carbocycles. The predicted octanol–water partition coefficient (Wildman–Crippen LogP) is 2.72. The maximum Gasteiger partial charge on any atom is 0.267 e. The van der Waals surface area contributed by atoms with Crippen LogP contribution in [0.2, 0.25) is 0 Å². The van der Waals surface area contributed by atoms with Crippen molar-refractivity contribution < 1.29 is 19.1 Å². The molecule has 7 nitrogen and oxygen atoms in total. The van der Waals surface area contributed by atoms with E-state index >= 15 is 0 Å². The zero-order chi connectivity index (χ0) is 20.4. The van der Waals surface area contributed by atoms with Crippen LogP contribution in [0.1, 0.15) is 30.5 Å². The summed E-state index contributed by atoms with van der Waals surface area (Å²) in [5.74, 6) is 1.29. The lowest BCUT2D eigenvalue weighted by Crippen LogP contribution is -2.47. The molecule has 2 heterocycles. The Morgan fingerprint density at radius 1 is 1.17 bits per heavy atom. The Hall–Kier alpha value is -3.06. The summed E-state index contributed by atoms with van der Waals surface area (Å²) >= 11 is 0. The largest absolute Gasteiger partial charge is 0.454 e. The molecule has 2 aliphatic rings. The van der Waals surface area contributed by atoms with Crippen molar-refractivity contribution in [1.82, 2.24) is 10.2 Å². The highest BCUT2D eigenvalue weighted by Gasteiger charge is 2.42. The number of nitrogens with one attached hydrogen (secondary N) is 1. The number of oxime groups is 1. The van der Waals surface area contributed by atoms with Crippen molar-refractivity contribution in [2.45, 2.75) is 25.0 Å². The van der Waals surface area contributed by atoms with Crippen molar-refractivity contribution in [2.24, 2.45) is 5.16 Å². The molecular weight excluding hydrogens is 370 g/mol. The lowest BCUT2D eigenvalue weighted by atomic mass is 9.95. The van der Waals surface area contributed by atoms with E-state index in [9.17, 15) is 4.79 Å². The fraction of sp³-hybridized carbons (Fsp3) is 0.364. The van der Waals surface area contributed by atoms with Crippen LogP contribution in [0.3, 0.4) is 0 Å². The number of carbonyl (C=O) groups is 1. The number of fused-ring (bicyclic) bond motifs is 1. The van der Waals surface area contributed by atoms with E-state index in [1.54, 1.807) is 6.92 Å². The van der Waals surface area contributed by atoms with Crippen LogP contribution in [-0.4, -0.2) is 49.6 Å². The van der Waals surface area contributed by atoms with Gasteiger partial charge in [-0.3, -0.25) is 4.79 Å². The first-order valence-electron chi connectivity index (χ1n) is 9.61. The Balaban J connectivity index is 1.41. The van der Waals surface area contributed by atoms with Gasteiger partial charge < -0.3 is 24.5 Å². The minimum atomic E-state index is -1.02. The molecule has 1 amide bonds. The van der Waals surface area contributed by atoms with Crippen LogP contribution in [0, 0.1) is 0 Å². The minimum Gasteiger partial charge on any atom is -0.454 e. The molecule has 0 aromatic heterocycles. The number of hydrogen-bond donors (Lipinski definition) is 1. The summed E-state index contributed by atoms with van der Waals surface area (Å²) in [5, 5.41) is 7.19. The molecule has 29 heavy (non-hydrogen) atoms. The van der Waals surface area contributed by atoms with Crippen LogP contribution in [-0.2, 0) is 9.63 Å². The molecule has 2 aromatic carbocycles. The molecule has 152 valence electrons. The highest BCUT2D eigenvalue weighted by atomic mass is 16.7. The summed E-state index contributed by atoms with van der Waals surface area (Å²) in [6.45, 7) is 2.44. The number of ether oxygens (including phenoxy) is 2. The monoisotopic (exact) mass is 395 g/mol. The SMILES string of the molecule is CN(C)[C@@H](CNC(=O)[C@]1(C)CC(c2ccccc2)=NO1)c1ccc2c(c1)OCO2. The Kier molecular flexibility index (Phi) is 5.15. The molecule has 0 unspecified atom stereocenters. The quantitative estimate of drug-likeness (QED) is 0.814. The maximum atomic E-state index is 12.9. The Bertz CT molecular complexity index is 929. The molecule has 0 fully saturated rings. The van der Waals surface area contributed by atoms with E-state index in [1.807, 2.05) is 62.6 Å².